The number of hydrogen-bond acceptors (Lipinski definition) is 6. The fraction of sp³-hybridized carbons (Fsp3) is 0.737. The van der Waals surface area contributed by atoms with Gasteiger partial charge >= 0.3 is 12.1 Å². The van der Waals surface area contributed by atoms with E-state index >= 15 is 0 Å². The van der Waals surface area contributed by atoms with Crippen LogP contribution in [0.1, 0.15) is 32.2 Å². The highest BCUT2D eigenvalue weighted by molar-refractivity contribution is 14.1. The molecule has 1 atom stereocenters. The summed E-state index contributed by atoms with van der Waals surface area (Å²) < 4.78 is 19.1. The van der Waals surface area contributed by atoms with Gasteiger partial charge < -0.3 is 14.2 Å². The lowest BCUT2D eigenvalue weighted by molar-refractivity contribution is -0.147. The first-order valence-electron chi connectivity index (χ1n) is 9.71. The summed E-state index contributed by atoms with van der Waals surface area (Å²) in [5.41, 5.74) is 0.999. The molecule has 0 N–H and O–H groups in total. The van der Waals surface area contributed by atoms with Crippen molar-refractivity contribution in [2.45, 2.75) is 77.8 Å². The van der Waals surface area contributed by atoms with Gasteiger partial charge in [-0.1, -0.05) is 19.6 Å². The molecule has 1 aromatic heterocycles. The van der Waals surface area contributed by atoms with Crippen molar-refractivity contribution in [3.63, 3.8) is 0 Å². The summed E-state index contributed by atoms with van der Waals surface area (Å²) in [5.74, 6) is -0.475. The van der Waals surface area contributed by atoms with E-state index in [9.17, 15) is 9.59 Å². The zero-order valence-corrected chi connectivity index (χ0v) is 21.5. The average molecular weight is 537 g/mol. The van der Waals surface area contributed by atoms with Gasteiger partial charge in [0.25, 0.3) is 0 Å². The van der Waals surface area contributed by atoms with Gasteiger partial charge in [0.1, 0.15) is 18.4 Å². The molecule has 2 rings (SSSR count). The van der Waals surface area contributed by atoms with Crippen LogP contribution in [0.4, 0.5) is 4.79 Å². The minimum Gasteiger partial charge on any atom is -0.467 e. The Kier molecular flexibility index (Phi) is 7.77. The zero-order chi connectivity index (χ0) is 22.0. The Morgan fingerprint density at radius 1 is 1.28 bits per heavy atom. The summed E-state index contributed by atoms with van der Waals surface area (Å²) in [6, 6.07) is 0.323. The van der Waals surface area contributed by atoms with Gasteiger partial charge in [0.2, 0.25) is 0 Å². The topological polar surface area (TPSA) is 82.9 Å². The Bertz CT molecular complexity index is 754. The number of carbonyl (C=O) groups is 2. The number of rotatable bonds is 6. The predicted molar refractivity (Wildman–Crippen MR) is 120 cm³/mol. The molecule has 29 heavy (non-hydrogen) atoms. The monoisotopic (exact) mass is 537 g/mol. The Hall–Kier alpha value is -1.14. The number of hydrogen-bond donors (Lipinski definition) is 0. The Balaban J connectivity index is 2.22. The van der Waals surface area contributed by atoms with Gasteiger partial charge in [-0.3, -0.25) is 9.47 Å². The maximum Gasteiger partial charge on any atom is 0.411 e. The number of imidazole rings is 1. The van der Waals surface area contributed by atoms with Gasteiger partial charge in [-0.15, -0.1) is 0 Å². The van der Waals surface area contributed by atoms with E-state index in [1.54, 1.807) is 20.8 Å². The van der Waals surface area contributed by atoms with Crippen LogP contribution in [0.2, 0.25) is 25.7 Å². The number of ether oxygens (including phenoxy) is 3. The summed E-state index contributed by atoms with van der Waals surface area (Å²) in [6.07, 6.45) is -0.250. The van der Waals surface area contributed by atoms with Crippen LogP contribution in [0.3, 0.4) is 0 Å². The number of methoxy groups -OCH3 is 1. The van der Waals surface area contributed by atoms with E-state index in [1.807, 2.05) is 4.57 Å². The van der Waals surface area contributed by atoms with E-state index in [0.29, 0.717) is 19.8 Å². The minimum absolute atomic E-state index is 0.220. The molecule has 0 saturated heterocycles. The van der Waals surface area contributed by atoms with E-state index in [0.717, 1.165) is 21.3 Å². The van der Waals surface area contributed by atoms with E-state index < -0.39 is 31.8 Å². The number of carbonyl (C=O) groups excluding carboxylic acids is 2. The highest BCUT2D eigenvalue weighted by atomic mass is 127. The van der Waals surface area contributed by atoms with Crippen molar-refractivity contribution < 1.29 is 23.8 Å². The number of aromatic nitrogens is 2. The summed E-state index contributed by atoms with van der Waals surface area (Å²) in [7, 11) is 0.151. The number of fused-ring (bicyclic) bond motifs is 1. The maximum atomic E-state index is 12.8. The van der Waals surface area contributed by atoms with Crippen molar-refractivity contribution in [2.24, 2.45) is 0 Å². The van der Waals surface area contributed by atoms with Crippen molar-refractivity contribution in [1.29, 1.82) is 0 Å². The quantitative estimate of drug-likeness (QED) is 0.239. The van der Waals surface area contributed by atoms with Crippen molar-refractivity contribution in [1.82, 2.24) is 14.5 Å². The van der Waals surface area contributed by atoms with E-state index in [4.69, 9.17) is 14.2 Å². The molecule has 2 heterocycles. The van der Waals surface area contributed by atoms with Crippen LogP contribution >= 0.6 is 22.6 Å². The van der Waals surface area contributed by atoms with Gasteiger partial charge in [-0.2, -0.15) is 0 Å². The van der Waals surface area contributed by atoms with Gasteiger partial charge in [-0.25, -0.2) is 14.6 Å². The predicted octanol–water partition coefficient (Wildman–Crippen LogP) is 3.63. The molecule has 1 amide bonds. The maximum absolute atomic E-state index is 12.8. The first-order chi connectivity index (χ1) is 13.3. The number of amides is 1. The van der Waals surface area contributed by atoms with E-state index in [-0.39, 0.29) is 6.54 Å². The summed E-state index contributed by atoms with van der Waals surface area (Å²) >= 11 is 2.16. The first kappa shape index (κ1) is 24.1. The SMILES string of the molecule is COC(=O)C1Cc2nc(I)n(COCC[Si](C)(C)C)c2CN1C(=O)OC(C)(C)C. The minimum atomic E-state index is -1.17. The number of halogens is 1. The standard InChI is InChI=1S/C19H32IN3O5Si/c1-19(2,3)28-18(25)22-11-15-13(10-14(22)16(24)26-4)21-17(20)23(15)12-27-8-9-29(5,6)7/h14H,8-12H2,1-7H3. The van der Waals surface area contributed by atoms with E-state index in [2.05, 4.69) is 47.2 Å². The Labute approximate surface area is 187 Å². The molecule has 0 aromatic carbocycles. The molecule has 0 aliphatic carbocycles. The smallest absolute Gasteiger partial charge is 0.411 e. The fourth-order valence-electron chi connectivity index (χ4n) is 2.93. The molecule has 1 aliphatic rings. The molecule has 0 bridgehead atoms. The molecule has 0 saturated carbocycles. The van der Waals surface area contributed by atoms with Gasteiger partial charge in [-0.05, 0) is 26.8 Å². The lowest BCUT2D eigenvalue weighted by Gasteiger charge is -2.35. The lowest BCUT2D eigenvalue weighted by Crippen LogP contribution is -2.51. The third kappa shape index (κ3) is 6.68. The van der Waals surface area contributed by atoms with Crippen molar-refractivity contribution in [3.8, 4) is 0 Å². The van der Waals surface area contributed by atoms with Crippen molar-refractivity contribution in [2.75, 3.05) is 13.7 Å². The molecule has 0 radical (unpaired) electrons. The van der Waals surface area contributed by atoms with Crippen LogP contribution in [0.5, 0.6) is 0 Å². The molecule has 8 nitrogen and oxygen atoms in total. The third-order valence-corrected chi connectivity index (χ3v) is 7.04. The second-order valence-electron chi connectivity index (χ2n) is 9.40. The zero-order valence-electron chi connectivity index (χ0n) is 18.4. The van der Waals surface area contributed by atoms with Crippen LogP contribution in [-0.2, 0) is 38.7 Å². The molecule has 1 aromatic rings. The highest BCUT2D eigenvalue weighted by Gasteiger charge is 2.40. The molecule has 10 heteroatoms. The molecule has 1 unspecified atom stereocenters. The lowest BCUT2D eigenvalue weighted by atomic mass is 10.0. The second kappa shape index (κ2) is 9.34. The van der Waals surface area contributed by atoms with E-state index in [1.165, 1.54) is 12.0 Å². The first-order valence-corrected chi connectivity index (χ1v) is 14.5. The normalized spacial score (nSPS) is 17.1. The molecular weight excluding hydrogens is 505 g/mol. The van der Waals surface area contributed by atoms with Crippen molar-refractivity contribution in [3.05, 3.63) is 15.2 Å². The summed E-state index contributed by atoms with van der Waals surface area (Å²) in [5, 5.41) is 0. The van der Waals surface area contributed by atoms with Crippen LogP contribution in [0, 0.1) is 3.83 Å². The average Bonchev–Trinajstić information content (AvgIpc) is 2.89. The Morgan fingerprint density at radius 2 is 1.93 bits per heavy atom. The third-order valence-electron chi connectivity index (χ3n) is 4.51. The second-order valence-corrected chi connectivity index (χ2v) is 16.0. The summed E-state index contributed by atoms with van der Waals surface area (Å²) in [4.78, 5) is 31.1. The Morgan fingerprint density at radius 3 is 2.48 bits per heavy atom. The number of nitrogens with zero attached hydrogens (tertiary/aromatic N) is 3. The molecule has 164 valence electrons. The van der Waals surface area contributed by atoms with Crippen LogP contribution in [0.25, 0.3) is 0 Å². The van der Waals surface area contributed by atoms with Crippen molar-refractivity contribution >= 4 is 42.7 Å². The highest BCUT2D eigenvalue weighted by Crippen LogP contribution is 2.27. The van der Waals surface area contributed by atoms with Gasteiger partial charge in [0.15, 0.2) is 3.83 Å². The van der Waals surface area contributed by atoms with Crippen LogP contribution in [0.15, 0.2) is 0 Å². The fourth-order valence-corrected chi connectivity index (χ4v) is 4.41. The van der Waals surface area contributed by atoms with Gasteiger partial charge in [0, 0.05) is 43.7 Å². The number of esters is 1. The molecule has 0 spiro atoms. The molecule has 1 aliphatic heterocycles. The van der Waals surface area contributed by atoms with Crippen LogP contribution in [-0.4, -0.2) is 59.9 Å². The molecule has 0 fully saturated rings. The van der Waals surface area contributed by atoms with Gasteiger partial charge in [0.05, 0.1) is 25.0 Å². The van der Waals surface area contributed by atoms with Crippen LogP contribution < -0.4 is 0 Å². The summed E-state index contributed by atoms with van der Waals surface area (Å²) in [6.45, 7) is 13.6. The largest absolute Gasteiger partial charge is 0.467 e. The molecular formula is C19H32IN3O5Si.